The molecule has 0 atom stereocenters. The fraction of sp³-hybridized carbons (Fsp3) is 0.360. The molecule has 1 amide bonds. The number of aromatic amines is 1. The maximum atomic E-state index is 14.0. The minimum atomic E-state index is -0.369. The number of hydrogen-bond acceptors (Lipinski definition) is 4. The number of imidazole rings is 1. The molecule has 33 heavy (non-hydrogen) atoms. The van der Waals surface area contributed by atoms with Crippen molar-refractivity contribution < 1.29 is 9.18 Å². The number of aryl methyl sites for hydroxylation is 2. The SMILES string of the molecule is CCC1(CCc2n[nH]c(=O)c3ccccc23)CC(NC(=O)c2cnc3ccc(F)c(C)n23)C1. The number of hydrogen-bond donors (Lipinski definition) is 2. The highest BCUT2D eigenvalue weighted by molar-refractivity contribution is 5.93. The van der Waals surface area contributed by atoms with Gasteiger partial charge in [0.1, 0.15) is 17.2 Å². The number of halogens is 1. The van der Waals surface area contributed by atoms with E-state index in [-0.39, 0.29) is 28.7 Å². The van der Waals surface area contributed by atoms with E-state index in [9.17, 15) is 14.0 Å². The van der Waals surface area contributed by atoms with E-state index in [1.807, 2.05) is 24.3 Å². The second kappa shape index (κ2) is 8.10. The summed E-state index contributed by atoms with van der Waals surface area (Å²) < 4.78 is 15.6. The van der Waals surface area contributed by atoms with Gasteiger partial charge in [-0.3, -0.25) is 14.0 Å². The number of amides is 1. The molecule has 3 aromatic heterocycles. The average Bonchev–Trinajstić information content (AvgIpc) is 3.24. The van der Waals surface area contributed by atoms with Crippen LogP contribution in [0.25, 0.3) is 16.4 Å². The predicted octanol–water partition coefficient (Wildman–Crippen LogP) is 3.94. The lowest BCUT2D eigenvalue weighted by molar-refractivity contribution is 0.0568. The van der Waals surface area contributed by atoms with E-state index in [4.69, 9.17) is 0 Å². The van der Waals surface area contributed by atoms with Crippen molar-refractivity contribution in [2.75, 3.05) is 0 Å². The van der Waals surface area contributed by atoms with Crippen LogP contribution in [-0.2, 0) is 6.42 Å². The molecule has 8 heteroatoms. The summed E-state index contributed by atoms with van der Waals surface area (Å²) in [5.41, 5.74) is 2.11. The largest absolute Gasteiger partial charge is 0.348 e. The standard InChI is InChI=1S/C25H26FN5O2/c1-3-25(11-10-20-17-6-4-5-7-18(17)23(32)30-29-20)12-16(13-25)28-24(33)21-14-27-22-9-8-19(26)15(2)31(21)22/h4-9,14,16H,3,10-13H2,1-2H3,(H,28,33)(H,30,32). The van der Waals surface area contributed by atoms with Crippen LogP contribution >= 0.6 is 0 Å². The molecule has 2 N–H and O–H groups in total. The van der Waals surface area contributed by atoms with Crippen molar-refractivity contribution in [3.8, 4) is 0 Å². The van der Waals surface area contributed by atoms with Gasteiger partial charge in [0.2, 0.25) is 0 Å². The van der Waals surface area contributed by atoms with Crippen LogP contribution < -0.4 is 10.9 Å². The molecule has 0 radical (unpaired) electrons. The normalized spacial score (nSPS) is 20.2. The first-order valence-electron chi connectivity index (χ1n) is 11.3. The molecule has 0 aliphatic heterocycles. The van der Waals surface area contributed by atoms with Gasteiger partial charge in [-0.2, -0.15) is 5.10 Å². The van der Waals surface area contributed by atoms with E-state index in [0.29, 0.717) is 22.4 Å². The van der Waals surface area contributed by atoms with Crippen LogP contribution in [0.2, 0.25) is 0 Å². The average molecular weight is 448 g/mol. The quantitative estimate of drug-likeness (QED) is 0.468. The fourth-order valence-corrected chi connectivity index (χ4v) is 5.13. The number of nitrogens with one attached hydrogen (secondary N) is 2. The van der Waals surface area contributed by atoms with Gasteiger partial charge >= 0.3 is 0 Å². The number of pyridine rings is 1. The Labute approximate surface area is 190 Å². The minimum Gasteiger partial charge on any atom is -0.348 e. The first kappa shape index (κ1) is 21.3. The van der Waals surface area contributed by atoms with Crippen LogP contribution in [0, 0.1) is 18.2 Å². The third kappa shape index (κ3) is 3.69. The number of aromatic nitrogens is 4. The Morgan fingerprint density at radius 2 is 2.00 bits per heavy atom. The Kier molecular flexibility index (Phi) is 5.23. The van der Waals surface area contributed by atoms with Crippen molar-refractivity contribution in [3.63, 3.8) is 0 Å². The molecule has 1 aromatic carbocycles. The third-order valence-electron chi connectivity index (χ3n) is 7.19. The van der Waals surface area contributed by atoms with Crippen molar-refractivity contribution in [3.05, 3.63) is 75.8 Å². The molecule has 1 aliphatic rings. The van der Waals surface area contributed by atoms with Crippen molar-refractivity contribution in [2.45, 2.75) is 52.0 Å². The Morgan fingerprint density at radius 1 is 1.24 bits per heavy atom. The number of fused-ring (bicyclic) bond motifs is 2. The number of nitrogens with zero attached hydrogens (tertiary/aromatic N) is 3. The summed E-state index contributed by atoms with van der Waals surface area (Å²) in [6.45, 7) is 3.81. The van der Waals surface area contributed by atoms with Gasteiger partial charge in [0.25, 0.3) is 11.5 Å². The lowest BCUT2D eigenvalue weighted by Gasteiger charge is -2.48. The lowest BCUT2D eigenvalue weighted by atomic mass is 9.61. The summed E-state index contributed by atoms with van der Waals surface area (Å²) in [5.74, 6) is -0.606. The molecule has 1 fully saturated rings. The van der Waals surface area contributed by atoms with Gasteiger partial charge in [-0.1, -0.05) is 31.5 Å². The number of carbonyl (C=O) groups is 1. The van der Waals surface area contributed by atoms with Gasteiger partial charge in [0.05, 0.1) is 23.0 Å². The second-order valence-corrected chi connectivity index (χ2v) is 9.08. The number of benzene rings is 1. The van der Waals surface area contributed by atoms with E-state index in [1.54, 1.807) is 17.4 Å². The van der Waals surface area contributed by atoms with Crippen molar-refractivity contribution in [1.29, 1.82) is 0 Å². The van der Waals surface area contributed by atoms with E-state index in [0.717, 1.165) is 43.2 Å². The molecule has 0 spiro atoms. The molecule has 0 unspecified atom stereocenters. The van der Waals surface area contributed by atoms with E-state index in [1.165, 1.54) is 12.3 Å². The van der Waals surface area contributed by atoms with Crippen LogP contribution in [-0.4, -0.2) is 31.5 Å². The van der Waals surface area contributed by atoms with Crippen LogP contribution in [0.5, 0.6) is 0 Å². The van der Waals surface area contributed by atoms with Crippen molar-refractivity contribution in [2.24, 2.45) is 5.41 Å². The minimum absolute atomic E-state index is 0.0668. The Morgan fingerprint density at radius 3 is 2.76 bits per heavy atom. The van der Waals surface area contributed by atoms with Gasteiger partial charge in [-0.25, -0.2) is 14.5 Å². The first-order valence-corrected chi connectivity index (χ1v) is 11.3. The highest BCUT2D eigenvalue weighted by Crippen LogP contribution is 2.47. The first-order chi connectivity index (χ1) is 15.9. The maximum absolute atomic E-state index is 14.0. The molecule has 4 aromatic rings. The van der Waals surface area contributed by atoms with Gasteiger partial charge in [-0.15, -0.1) is 0 Å². The van der Waals surface area contributed by atoms with Crippen LogP contribution in [0.1, 0.15) is 54.5 Å². The summed E-state index contributed by atoms with van der Waals surface area (Å²) in [6.07, 6.45) is 5.94. The van der Waals surface area contributed by atoms with Gasteiger partial charge < -0.3 is 5.32 Å². The summed E-state index contributed by atoms with van der Waals surface area (Å²) in [5, 5.41) is 11.6. The van der Waals surface area contributed by atoms with Crippen molar-refractivity contribution in [1.82, 2.24) is 24.9 Å². The molecule has 0 bridgehead atoms. The zero-order valence-corrected chi connectivity index (χ0v) is 18.7. The Hall–Kier alpha value is -3.55. The van der Waals surface area contributed by atoms with Gasteiger partial charge in [-0.05, 0) is 56.2 Å². The monoisotopic (exact) mass is 447 g/mol. The summed E-state index contributed by atoms with van der Waals surface area (Å²) in [4.78, 5) is 29.2. The molecule has 1 saturated carbocycles. The molecule has 1 aliphatic carbocycles. The van der Waals surface area contributed by atoms with Crippen LogP contribution in [0.15, 0.2) is 47.4 Å². The Bertz CT molecular complexity index is 1420. The second-order valence-electron chi connectivity index (χ2n) is 9.08. The summed E-state index contributed by atoms with van der Waals surface area (Å²) in [6, 6.07) is 10.5. The number of H-pyrrole nitrogens is 1. The topological polar surface area (TPSA) is 92.1 Å². The number of rotatable bonds is 6. The molecular formula is C25H26FN5O2. The van der Waals surface area contributed by atoms with Crippen LogP contribution in [0.4, 0.5) is 4.39 Å². The zero-order chi connectivity index (χ0) is 23.2. The maximum Gasteiger partial charge on any atom is 0.272 e. The molecule has 5 rings (SSSR count). The van der Waals surface area contributed by atoms with Gasteiger partial charge in [0.15, 0.2) is 0 Å². The van der Waals surface area contributed by atoms with E-state index >= 15 is 0 Å². The fourth-order valence-electron chi connectivity index (χ4n) is 5.13. The molecule has 170 valence electrons. The highest BCUT2D eigenvalue weighted by Gasteiger charge is 2.43. The van der Waals surface area contributed by atoms with Crippen LogP contribution in [0.3, 0.4) is 0 Å². The molecular weight excluding hydrogens is 421 g/mol. The number of carbonyl (C=O) groups excluding carboxylic acids is 1. The van der Waals surface area contributed by atoms with E-state index < -0.39 is 0 Å². The molecule has 3 heterocycles. The third-order valence-corrected chi connectivity index (χ3v) is 7.19. The van der Waals surface area contributed by atoms with E-state index in [2.05, 4.69) is 27.4 Å². The zero-order valence-electron chi connectivity index (χ0n) is 18.7. The lowest BCUT2D eigenvalue weighted by Crippen LogP contribution is -2.51. The molecule has 0 saturated heterocycles. The highest BCUT2D eigenvalue weighted by atomic mass is 19.1. The summed E-state index contributed by atoms with van der Waals surface area (Å²) >= 11 is 0. The molecule has 7 nitrogen and oxygen atoms in total. The van der Waals surface area contributed by atoms with Crippen molar-refractivity contribution >= 4 is 22.3 Å². The summed E-state index contributed by atoms with van der Waals surface area (Å²) in [7, 11) is 0. The predicted molar refractivity (Wildman–Crippen MR) is 124 cm³/mol. The Balaban J connectivity index is 1.26. The smallest absolute Gasteiger partial charge is 0.272 e. The van der Waals surface area contributed by atoms with Gasteiger partial charge in [0, 0.05) is 11.4 Å².